The minimum Gasteiger partial charge on any atom is -0.409 e. The van der Waals surface area contributed by atoms with Crippen molar-refractivity contribution in [2.24, 2.45) is 10.9 Å². The molecule has 1 aromatic carbocycles. The Balaban J connectivity index is 2.32. The first-order valence-electron chi connectivity index (χ1n) is 5.90. The van der Waals surface area contributed by atoms with Crippen LogP contribution in [0.4, 0.5) is 0 Å². The lowest BCUT2D eigenvalue weighted by Crippen LogP contribution is -2.21. The van der Waals surface area contributed by atoms with Crippen molar-refractivity contribution in [2.75, 3.05) is 6.54 Å². The fourth-order valence-corrected chi connectivity index (χ4v) is 1.70. The van der Waals surface area contributed by atoms with Gasteiger partial charge in [-0.05, 0) is 32.4 Å². The molecule has 0 aliphatic heterocycles. The zero-order chi connectivity index (χ0) is 12.7. The van der Waals surface area contributed by atoms with Crippen LogP contribution in [-0.2, 0) is 0 Å². The number of hydrogen-bond donors (Lipinski definition) is 3. The molecule has 0 heterocycles. The number of hydrogen-bond acceptors (Lipinski definition) is 3. The van der Waals surface area contributed by atoms with Gasteiger partial charge in [0.2, 0.25) is 0 Å². The van der Waals surface area contributed by atoms with Crippen molar-refractivity contribution in [1.82, 2.24) is 5.32 Å². The van der Waals surface area contributed by atoms with Crippen LogP contribution in [-0.4, -0.2) is 17.6 Å². The van der Waals surface area contributed by atoms with Gasteiger partial charge in [0.25, 0.3) is 0 Å². The van der Waals surface area contributed by atoms with Crippen molar-refractivity contribution in [1.29, 1.82) is 0 Å². The monoisotopic (exact) mass is 235 g/mol. The summed E-state index contributed by atoms with van der Waals surface area (Å²) in [5.74, 6) is 0.287. The van der Waals surface area contributed by atoms with E-state index in [-0.39, 0.29) is 5.84 Å². The lowest BCUT2D eigenvalue weighted by molar-refractivity contribution is 0.316. The van der Waals surface area contributed by atoms with Crippen LogP contribution in [0.25, 0.3) is 0 Å². The van der Waals surface area contributed by atoms with Crippen LogP contribution in [0.15, 0.2) is 29.4 Å². The molecule has 0 aliphatic carbocycles. The van der Waals surface area contributed by atoms with Crippen LogP contribution in [0.5, 0.6) is 0 Å². The van der Waals surface area contributed by atoms with E-state index in [9.17, 15) is 0 Å². The standard InChI is InChI=1S/C13H21N3O/c1-10-5-3-6-12(9-10)11(2)15-8-4-7-13(14)16-17/h3,5-6,9,11,15,17H,4,7-8H2,1-2H3,(H2,14,16)/t11-/m1/s1. The molecule has 0 bridgehead atoms. The summed E-state index contributed by atoms with van der Waals surface area (Å²) in [7, 11) is 0. The fraction of sp³-hybridized carbons (Fsp3) is 0.462. The fourth-order valence-electron chi connectivity index (χ4n) is 1.70. The van der Waals surface area contributed by atoms with E-state index in [0.29, 0.717) is 12.5 Å². The Morgan fingerprint density at radius 2 is 2.29 bits per heavy atom. The Kier molecular flexibility index (Phi) is 5.49. The smallest absolute Gasteiger partial charge is 0.139 e. The van der Waals surface area contributed by atoms with Gasteiger partial charge >= 0.3 is 0 Å². The molecule has 4 N–H and O–H groups in total. The second kappa shape index (κ2) is 6.91. The van der Waals surface area contributed by atoms with E-state index in [1.165, 1.54) is 11.1 Å². The summed E-state index contributed by atoms with van der Waals surface area (Å²) in [5, 5.41) is 14.7. The lowest BCUT2D eigenvalue weighted by Gasteiger charge is -2.14. The van der Waals surface area contributed by atoms with Crippen LogP contribution >= 0.6 is 0 Å². The van der Waals surface area contributed by atoms with Gasteiger partial charge in [-0.3, -0.25) is 0 Å². The highest BCUT2D eigenvalue weighted by atomic mass is 16.4. The molecule has 0 unspecified atom stereocenters. The molecule has 94 valence electrons. The van der Waals surface area contributed by atoms with Crippen LogP contribution in [0.1, 0.15) is 36.9 Å². The average molecular weight is 235 g/mol. The van der Waals surface area contributed by atoms with Crippen LogP contribution in [0.3, 0.4) is 0 Å². The van der Waals surface area contributed by atoms with Crippen molar-refractivity contribution >= 4 is 5.84 Å². The number of rotatable bonds is 6. The summed E-state index contributed by atoms with van der Waals surface area (Å²) in [6.07, 6.45) is 1.48. The Morgan fingerprint density at radius 1 is 1.53 bits per heavy atom. The minimum absolute atomic E-state index is 0.287. The largest absolute Gasteiger partial charge is 0.409 e. The third kappa shape index (κ3) is 4.87. The number of amidine groups is 1. The van der Waals surface area contributed by atoms with Crippen molar-refractivity contribution in [2.45, 2.75) is 32.7 Å². The molecule has 0 aliphatic rings. The molecule has 17 heavy (non-hydrogen) atoms. The summed E-state index contributed by atoms with van der Waals surface area (Å²) in [5.41, 5.74) is 7.95. The first kappa shape index (κ1) is 13.5. The molecular formula is C13H21N3O. The number of aryl methyl sites for hydroxylation is 1. The number of oxime groups is 1. The SMILES string of the molecule is Cc1cccc([C@@H](C)NCCC/C(N)=N/O)c1. The molecule has 0 saturated heterocycles. The van der Waals surface area contributed by atoms with Crippen molar-refractivity contribution < 1.29 is 5.21 Å². The van der Waals surface area contributed by atoms with Crippen LogP contribution in [0.2, 0.25) is 0 Å². The van der Waals surface area contributed by atoms with E-state index < -0.39 is 0 Å². The summed E-state index contributed by atoms with van der Waals surface area (Å²) in [4.78, 5) is 0. The molecule has 0 saturated carbocycles. The predicted molar refractivity (Wildman–Crippen MR) is 70.2 cm³/mol. The molecule has 0 fully saturated rings. The molecule has 4 nitrogen and oxygen atoms in total. The number of nitrogens with two attached hydrogens (primary N) is 1. The third-order valence-corrected chi connectivity index (χ3v) is 2.73. The van der Waals surface area contributed by atoms with Gasteiger partial charge in [-0.1, -0.05) is 35.0 Å². The van der Waals surface area contributed by atoms with Gasteiger partial charge in [-0.2, -0.15) is 0 Å². The van der Waals surface area contributed by atoms with Gasteiger partial charge in [0.1, 0.15) is 5.84 Å². The lowest BCUT2D eigenvalue weighted by atomic mass is 10.1. The predicted octanol–water partition coefficient (Wildman–Crippen LogP) is 2.17. The van der Waals surface area contributed by atoms with E-state index in [1.807, 2.05) is 0 Å². The van der Waals surface area contributed by atoms with Crippen molar-refractivity contribution in [3.63, 3.8) is 0 Å². The second-order valence-corrected chi connectivity index (χ2v) is 4.28. The minimum atomic E-state index is 0.287. The van der Waals surface area contributed by atoms with Crippen molar-refractivity contribution in [3.8, 4) is 0 Å². The van der Waals surface area contributed by atoms with E-state index in [4.69, 9.17) is 10.9 Å². The summed E-state index contributed by atoms with van der Waals surface area (Å²) >= 11 is 0. The van der Waals surface area contributed by atoms with Gasteiger partial charge in [0, 0.05) is 12.5 Å². The zero-order valence-electron chi connectivity index (χ0n) is 10.5. The number of benzene rings is 1. The molecular weight excluding hydrogens is 214 g/mol. The Labute approximate surface area is 103 Å². The van der Waals surface area contributed by atoms with Crippen LogP contribution < -0.4 is 11.1 Å². The highest BCUT2D eigenvalue weighted by molar-refractivity contribution is 5.79. The van der Waals surface area contributed by atoms with E-state index in [1.54, 1.807) is 0 Å². The van der Waals surface area contributed by atoms with Gasteiger partial charge < -0.3 is 16.3 Å². The van der Waals surface area contributed by atoms with Gasteiger partial charge in [-0.15, -0.1) is 0 Å². The topological polar surface area (TPSA) is 70.6 Å². The molecule has 0 radical (unpaired) electrons. The summed E-state index contributed by atoms with van der Waals surface area (Å²) in [6, 6.07) is 8.78. The molecule has 0 amide bonds. The third-order valence-electron chi connectivity index (χ3n) is 2.73. The van der Waals surface area contributed by atoms with E-state index in [0.717, 1.165) is 13.0 Å². The Morgan fingerprint density at radius 3 is 2.94 bits per heavy atom. The van der Waals surface area contributed by atoms with Crippen LogP contribution in [0, 0.1) is 6.92 Å². The quantitative estimate of drug-likeness (QED) is 0.233. The molecule has 1 atom stereocenters. The van der Waals surface area contributed by atoms with Gasteiger partial charge in [0.15, 0.2) is 0 Å². The molecule has 4 heteroatoms. The van der Waals surface area contributed by atoms with Gasteiger partial charge in [0.05, 0.1) is 0 Å². The highest BCUT2D eigenvalue weighted by Crippen LogP contribution is 2.13. The first-order chi connectivity index (χ1) is 8.13. The molecule has 0 aromatic heterocycles. The maximum absolute atomic E-state index is 8.39. The molecule has 0 spiro atoms. The molecule has 1 aromatic rings. The summed E-state index contributed by atoms with van der Waals surface area (Å²) in [6.45, 7) is 5.08. The van der Waals surface area contributed by atoms with Crippen molar-refractivity contribution in [3.05, 3.63) is 35.4 Å². The average Bonchev–Trinajstić information content (AvgIpc) is 2.34. The second-order valence-electron chi connectivity index (χ2n) is 4.28. The van der Waals surface area contributed by atoms with Gasteiger partial charge in [-0.25, -0.2) is 0 Å². The maximum atomic E-state index is 8.39. The first-order valence-corrected chi connectivity index (χ1v) is 5.90. The highest BCUT2D eigenvalue weighted by Gasteiger charge is 2.04. The maximum Gasteiger partial charge on any atom is 0.139 e. The zero-order valence-corrected chi connectivity index (χ0v) is 10.5. The van der Waals surface area contributed by atoms with E-state index in [2.05, 4.69) is 48.6 Å². The molecule has 1 rings (SSSR count). The normalized spacial score (nSPS) is 13.6. The number of nitrogens with one attached hydrogen (secondary N) is 1. The Hall–Kier alpha value is -1.55. The Bertz CT molecular complexity index is 377. The van der Waals surface area contributed by atoms with E-state index >= 15 is 0 Å². The number of nitrogens with zero attached hydrogens (tertiary/aromatic N) is 1. The summed E-state index contributed by atoms with van der Waals surface area (Å²) < 4.78 is 0.